The first-order valence-electron chi connectivity index (χ1n) is 7.60. The molecular weight excluding hydrogens is 314 g/mol. The molecule has 0 spiro atoms. The van der Waals surface area contributed by atoms with Crippen LogP contribution >= 0.6 is 15.9 Å². The van der Waals surface area contributed by atoms with Gasteiger partial charge in [0.25, 0.3) is 0 Å². The Morgan fingerprint density at radius 3 is 2.60 bits per heavy atom. The highest BCUT2D eigenvalue weighted by molar-refractivity contribution is 9.10. The first kappa shape index (κ1) is 14.4. The molecule has 2 N–H and O–H groups in total. The molecule has 0 radical (unpaired) electrons. The minimum Gasteiger partial charge on any atom is -0.493 e. The van der Waals surface area contributed by atoms with E-state index in [0.717, 1.165) is 42.5 Å². The summed E-state index contributed by atoms with van der Waals surface area (Å²) in [6.45, 7) is 5.52. The van der Waals surface area contributed by atoms with Crippen LogP contribution in [0.5, 0.6) is 5.75 Å². The molecule has 3 heteroatoms. The van der Waals surface area contributed by atoms with Gasteiger partial charge in [-0.2, -0.15) is 0 Å². The lowest BCUT2D eigenvalue weighted by Gasteiger charge is -2.41. The number of halogens is 1. The monoisotopic (exact) mass is 337 g/mol. The Balaban J connectivity index is 1.82. The summed E-state index contributed by atoms with van der Waals surface area (Å²) >= 11 is 3.62. The topological polar surface area (TPSA) is 35.2 Å². The predicted molar refractivity (Wildman–Crippen MR) is 86.2 cm³/mol. The van der Waals surface area contributed by atoms with Gasteiger partial charge in [-0.25, -0.2) is 0 Å². The largest absolute Gasteiger partial charge is 0.493 e. The van der Waals surface area contributed by atoms with Crippen LogP contribution in [-0.2, 0) is 12.8 Å². The van der Waals surface area contributed by atoms with E-state index in [0.29, 0.717) is 5.41 Å². The zero-order valence-electron chi connectivity index (χ0n) is 12.5. The van der Waals surface area contributed by atoms with Gasteiger partial charge in [0, 0.05) is 16.4 Å². The van der Waals surface area contributed by atoms with E-state index in [9.17, 15) is 0 Å². The summed E-state index contributed by atoms with van der Waals surface area (Å²) in [5.41, 5.74) is 9.70. The maximum Gasteiger partial charge on any atom is 0.125 e. The average molecular weight is 338 g/mol. The Morgan fingerprint density at radius 2 is 1.90 bits per heavy atom. The molecule has 1 aromatic carbocycles. The lowest BCUT2D eigenvalue weighted by Crippen LogP contribution is -2.46. The first-order chi connectivity index (χ1) is 9.37. The summed E-state index contributed by atoms with van der Waals surface area (Å²) in [7, 11) is 0. The fraction of sp³-hybridized carbons (Fsp3) is 0.647. The predicted octanol–water partition coefficient (Wildman–Crippen LogP) is 4.22. The summed E-state index contributed by atoms with van der Waals surface area (Å²) in [4.78, 5) is 0. The molecule has 2 nitrogen and oxygen atoms in total. The molecule has 1 heterocycles. The Kier molecular flexibility index (Phi) is 3.62. The maximum atomic E-state index is 6.69. The van der Waals surface area contributed by atoms with Crippen molar-refractivity contribution in [3.8, 4) is 5.75 Å². The van der Waals surface area contributed by atoms with E-state index in [2.05, 4.69) is 41.9 Å². The second-order valence-corrected chi connectivity index (χ2v) is 8.27. The maximum absolute atomic E-state index is 6.69. The molecule has 0 amide bonds. The fourth-order valence-corrected chi connectivity index (χ4v) is 4.01. The van der Waals surface area contributed by atoms with Gasteiger partial charge >= 0.3 is 0 Å². The number of benzene rings is 1. The van der Waals surface area contributed by atoms with E-state index < -0.39 is 0 Å². The van der Waals surface area contributed by atoms with Crippen LogP contribution in [-0.4, -0.2) is 12.1 Å². The standard InChI is InChI=1S/C17H24BrNO/c1-16(2)4-6-17(19,7-5-16)11-13-10-14(18)9-12-3-8-20-15(12)13/h9-10H,3-8,11,19H2,1-2H3. The molecule has 1 aromatic rings. The third-order valence-corrected chi connectivity index (χ3v) is 5.43. The van der Waals surface area contributed by atoms with Crippen molar-refractivity contribution < 1.29 is 4.74 Å². The summed E-state index contributed by atoms with van der Waals surface area (Å²) < 4.78 is 6.99. The van der Waals surface area contributed by atoms with Crippen LogP contribution in [0.3, 0.4) is 0 Å². The minimum atomic E-state index is -0.0595. The Hall–Kier alpha value is -0.540. The number of nitrogens with two attached hydrogens (primary N) is 1. The van der Waals surface area contributed by atoms with E-state index in [-0.39, 0.29) is 5.54 Å². The van der Waals surface area contributed by atoms with Gasteiger partial charge in [-0.1, -0.05) is 29.8 Å². The van der Waals surface area contributed by atoms with Crippen molar-refractivity contribution in [3.05, 3.63) is 27.7 Å². The number of rotatable bonds is 2. The van der Waals surface area contributed by atoms with Crippen LogP contribution in [0.1, 0.15) is 50.7 Å². The van der Waals surface area contributed by atoms with E-state index >= 15 is 0 Å². The molecule has 3 rings (SSSR count). The molecule has 20 heavy (non-hydrogen) atoms. The Labute approximate surface area is 130 Å². The normalized spacial score (nSPS) is 23.2. The Bertz CT molecular complexity index is 514. The van der Waals surface area contributed by atoms with Crippen LogP contribution in [0, 0.1) is 5.41 Å². The SMILES string of the molecule is CC1(C)CCC(N)(Cc2cc(Br)cc3c2OCC3)CC1. The van der Waals surface area contributed by atoms with Crippen molar-refractivity contribution in [2.24, 2.45) is 11.1 Å². The molecule has 1 fully saturated rings. The van der Waals surface area contributed by atoms with Crippen molar-refractivity contribution in [2.45, 2.75) is 57.9 Å². The van der Waals surface area contributed by atoms with Crippen molar-refractivity contribution >= 4 is 15.9 Å². The molecule has 1 saturated carbocycles. The molecule has 0 atom stereocenters. The molecular formula is C17H24BrNO. The molecule has 1 aliphatic carbocycles. The minimum absolute atomic E-state index is 0.0595. The van der Waals surface area contributed by atoms with Gasteiger partial charge in [0.05, 0.1) is 6.61 Å². The van der Waals surface area contributed by atoms with Crippen LogP contribution in [0.25, 0.3) is 0 Å². The van der Waals surface area contributed by atoms with E-state index in [1.807, 2.05) is 0 Å². The highest BCUT2D eigenvalue weighted by Gasteiger charge is 2.36. The average Bonchev–Trinajstić information content (AvgIpc) is 2.82. The molecule has 1 aliphatic heterocycles. The van der Waals surface area contributed by atoms with Gasteiger partial charge in [-0.15, -0.1) is 0 Å². The molecule has 2 aliphatic rings. The van der Waals surface area contributed by atoms with Gasteiger partial charge < -0.3 is 10.5 Å². The van der Waals surface area contributed by atoms with Crippen molar-refractivity contribution in [2.75, 3.05) is 6.61 Å². The lowest BCUT2D eigenvalue weighted by atomic mass is 9.68. The number of ether oxygens (including phenoxy) is 1. The third kappa shape index (κ3) is 2.89. The van der Waals surface area contributed by atoms with Gasteiger partial charge in [0.15, 0.2) is 0 Å². The lowest BCUT2D eigenvalue weighted by molar-refractivity contribution is 0.164. The van der Waals surface area contributed by atoms with Gasteiger partial charge in [-0.3, -0.25) is 0 Å². The number of hydrogen-bond donors (Lipinski definition) is 1. The third-order valence-electron chi connectivity index (χ3n) is 4.97. The number of hydrogen-bond acceptors (Lipinski definition) is 2. The molecule has 0 bridgehead atoms. The second-order valence-electron chi connectivity index (χ2n) is 7.35. The summed E-state index contributed by atoms with van der Waals surface area (Å²) in [6.07, 6.45) is 6.63. The van der Waals surface area contributed by atoms with Crippen LogP contribution < -0.4 is 10.5 Å². The van der Waals surface area contributed by atoms with Gasteiger partial charge in [0.2, 0.25) is 0 Å². The van der Waals surface area contributed by atoms with Gasteiger partial charge in [-0.05, 0) is 60.8 Å². The van der Waals surface area contributed by atoms with Crippen molar-refractivity contribution in [1.29, 1.82) is 0 Å². The first-order valence-corrected chi connectivity index (χ1v) is 8.39. The van der Waals surface area contributed by atoms with Crippen LogP contribution in [0.4, 0.5) is 0 Å². The van der Waals surface area contributed by atoms with Crippen LogP contribution in [0.15, 0.2) is 16.6 Å². The number of fused-ring (bicyclic) bond motifs is 1. The molecule has 0 saturated heterocycles. The molecule has 0 unspecified atom stereocenters. The van der Waals surface area contributed by atoms with E-state index in [1.165, 1.54) is 24.0 Å². The second kappa shape index (κ2) is 5.03. The smallest absolute Gasteiger partial charge is 0.125 e. The fourth-order valence-electron chi connectivity index (χ4n) is 3.46. The quantitative estimate of drug-likeness (QED) is 0.876. The van der Waals surface area contributed by atoms with E-state index in [1.54, 1.807) is 0 Å². The van der Waals surface area contributed by atoms with E-state index in [4.69, 9.17) is 10.5 Å². The van der Waals surface area contributed by atoms with Crippen LogP contribution in [0.2, 0.25) is 0 Å². The summed E-state index contributed by atoms with van der Waals surface area (Å²) in [6, 6.07) is 4.37. The highest BCUT2D eigenvalue weighted by atomic mass is 79.9. The zero-order chi connectivity index (χ0) is 14.4. The zero-order valence-corrected chi connectivity index (χ0v) is 14.1. The summed E-state index contributed by atoms with van der Waals surface area (Å²) in [5, 5.41) is 0. The molecule has 110 valence electrons. The van der Waals surface area contributed by atoms with Gasteiger partial charge in [0.1, 0.15) is 5.75 Å². The van der Waals surface area contributed by atoms with Crippen molar-refractivity contribution in [1.82, 2.24) is 0 Å². The molecule has 0 aromatic heterocycles. The summed E-state index contributed by atoms with van der Waals surface area (Å²) in [5.74, 6) is 1.10. The highest BCUT2D eigenvalue weighted by Crippen LogP contribution is 2.42. The Morgan fingerprint density at radius 1 is 1.20 bits per heavy atom. The van der Waals surface area contributed by atoms with Crippen molar-refractivity contribution in [3.63, 3.8) is 0 Å².